The van der Waals surface area contributed by atoms with Gasteiger partial charge in [0.15, 0.2) is 0 Å². The summed E-state index contributed by atoms with van der Waals surface area (Å²) < 4.78 is 10.2. The topological polar surface area (TPSA) is 52.6 Å². The molecule has 0 rings (SSSR count). The molecular weight excluding hydrogens is 244 g/mol. The molecule has 0 saturated carbocycles. The fraction of sp³-hybridized carbons (Fsp3) is 0.833. The van der Waals surface area contributed by atoms with Crippen molar-refractivity contribution in [3.8, 4) is 0 Å². The minimum Gasteiger partial charge on any atom is -0.465 e. The van der Waals surface area contributed by atoms with E-state index in [0.29, 0.717) is 25.3 Å². The van der Waals surface area contributed by atoms with E-state index in [1.165, 1.54) is 6.92 Å². The summed E-state index contributed by atoms with van der Waals surface area (Å²) in [6, 6.07) is 0. The normalized spacial score (nSPS) is 13.0. The number of hydrogen-bond donors (Lipinski definition) is 0. The zero-order valence-corrected chi connectivity index (χ0v) is 11.7. The minimum atomic E-state index is -0.853. The Morgan fingerprint density at radius 1 is 1.35 bits per heavy atom. The van der Waals surface area contributed by atoms with Crippen molar-refractivity contribution in [2.75, 3.05) is 12.5 Å². The van der Waals surface area contributed by atoms with Gasteiger partial charge in [0.2, 0.25) is 0 Å². The number of rotatable bonds is 7. The second-order valence-electron chi connectivity index (χ2n) is 4.37. The van der Waals surface area contributed by atoms with Gasteiger partial charge in [0.25, 0.3) is 0 Å². The molecule has 0 aliphatic heterocycles. The van der Waals surface area contributed by atoms with E-state index in [2.05, 4.69) is 0 Å². The molecule has 0 saturated heterocycles. The number of carbonyl (C=O) groups excluding carboxylic acids is 2. The third-order valence-electron chi connectivity index (χ3n) is 2.51. The van der Waals surface area contributed by atoms with Crippen molar-refractivity contribution in [2.24, 2.45) is 5.41 Å². The molecule has 0 amide bonds. The fourth-order valence-corrected chi connectivity index (χ4v) is 1.63. The Kier molecular flexibility index (Phi) is 7.19. The van der Waals surface area contributed by atoms with Crippen LogP contribution in [0.1, 0.15) is 40.5 Å². The second-order valence-corrected chi connectivity index (χ2v) is 4.75. The molecule has 0 aliphatic carbocycles. The number of ether oxygens (including phenoxy) is 2. The highest BCUT2D eigenvalue weighted by Gasteiger charge is 2.40. The molecule has 0 bridgehead atoms. The highest BCUT2D eigenvalue weighted by atomic mass is 35.5. The molecule has 0 aromatic rings. The Morgan fingerprint density at radius 2 is 1.94 bits per heavy atom. The molecule has 0 aromatic heterocycles. The Bertz CT molecular complexity index is 263. The van der Waals surface area contributed by atoms with Crippen LogP contribution in [-0.2, 0) is 19.1 Å². The first-order valence-electron chi connectivity index (χ1n) is 5.76. The van der Waals surface area contributed by atoms with E-state index < -0.39 is 17.5 Å². The lowest BCUT2D eigenvalue weighted by molar-refractivity contribution is -0.169. The summed E-state index contributed by atoms with van der Waals surface area (Å²) in [5.74, 6) is -0.292. The van der Waals surface area contributed by atoms with Gasteiger partial charge in [-0.05, 0) is 33.6 Å². The molecule has 17 heavy (non-hydrogen) atoms. The number of esters is 2. The molecular formula is C12H21ClO4. The zero-order chi connectivity index (χ0) is 13.5. The highest BCUT2D eigenvalue weighted by Crippen LogP contribution is 2.29. The van der Waals surface area contributed by atoms with E-state index in [4.69, 9.17) is 21.1 Å². The van der Waals surface area contributed by atoms with Crippen LogP contribution in [0.15, 0.2) is 0 Å². The SMILES string of the molecule is CCOC(=O)C(C)(C)C(CCCCl)OC(C)=O. The van der Waals surface area contributed by atoms with Crippen molar-refractivity contribution in [2.45, 2.75) is 46.6 Å². The highest BCUT2D eigenvalue weighted by molar-refractivity contribution is 6.17. The molecule has 1 unspecified atom stereocenters. The molecule has 0 aromatic carbocycles. The van der Waals surface area contributed by atoms with E-state index in [1.54, 1.807) is 20.8 Å². The molecule has 0 spiro atoms. The van der Waals surface area contributed by atoms with E-state index in [0.717, 1.165) is 0 Å². The van der Waals surface area contributed by atoms with Crippen LogP contribution in [0.5, 0.6) is 0 Å². The van der Waals surface area contributed by atoms with Crippen LogP contribution in [0.3, 0.4) is 0 Å². The van der Waals surface area contributed by atoms with Crippen LogP contribution in [0.4, 0.5) is 0 Å². The largest absolute Gasteiger partial charge is 0.465 e. The van der Waals surface area contributed by atoms with Crippen molar-refractivity contribution in [3.63, 3.8) is 0 Å². The van der Waals surface area contributed by atoms with Crippen LogP contribution in [0.2, 0.25) is 0 Å². The van der Waals surface area contributed by atoms with Gasteiger partial charge in [-0.15, -0.1) is 11.6 Å². The lowest BCUT2D eigenvalue weighted by atomic mass is 9.84. The van der Waals surface area contributed by atoms with E-state index in [9.17, 15) is 9.59 Å². The minimum absolute atomic E-state index is 0.310. The summed E-state index contributed by atoms with van der Waals surface area (Å²) in [6.07, 6.45) is 0.731. The third kappa shape index (κ3) is 5.39. The van der Waals surface area contributed by atoms with Gasteiger partial charge in [0.05, 0.1) is 12.0 Å². The Morgan fingerprint density at radius 3 is 2.35 bits per heavy atom. The maximum atomic E-state index is 11.8. The molecule has 4 nitrogen and oxygen atoms in total. The quantitative estimate of drug-likeness (QED) is 0.524. The predicted molar refractivity (Wildman–Crippen MR) is 65.9 cm³/mol. The molecule has 0 fully saturated rings. The number of carbonyl (C=O) groups is 2. The maximum absolute atomic E-state index is 11.8. The summed E-state index contributed by atoms with van der Waals surface area (Å²) >= 11 is 5.62. The molecule has 0 heterocycles. The predicted octanol–water partition coefficient (Wildman–Crippen LogP) is 2.53. The molecule has 0 N–H and O–H groups in total. The van der Waals surface area contributed by atoms with Crippen molar-refractivity contribution >= 4 is 23.5 Å². The lowest BCUT2D eigenvalue weighted by Crippen LogP contribution is -2.41. The van der Waals surface area contributed by atoms with Crippen LogP contribution >= 0.6 is 11.6 Å². The average molecular weight is 265 g/mol. The van der Waals surface area contributed by atoms with E-state index in [1.807, 2.05) is 0 Å². The van der Waals surface area contributed by atoms with Crippen LogP contribution < -0.4 is 0 Å². The van der Waals surface area contributed by atoms with Gasteiger partial charge in [0.1, 0.15) is 6.10 Å². The average Bonchev–Trinajstić information content (AvgIpc) is 2.23. The van der Waals surface area contributed by atoms with Gasteiger partial charge in [-0.2, -0.15) is 0 Å². The maximum Gasteiger partial charge on any atom is 0.315 e. The van der Waals surface area contributed by atoms with Crippen molar-refractivity contribution in [1.29, 1.82) is 0 Å². The van der Waals surface area contributed by atoms with Crippen LogP contribution in [0.25, 0.3) is 0 Å². The number of hydrogen-bond acceptors (Lipinski definition) is 4. The Labute approximate surface area is 108 Å². The summed E-state index contributed by atoms with van der Waals surface area (Å²) in [7, 11) is 0. The summed E-state index contributed by atoms with van der Waals surface area (Å²) in [5, 5.41) is 0. The molecule has 1 atom stereocenters. The van der Waals surface area contributed by atoms with Gasteiger partial charge < -0.3 is 9.47 Å². The Balaban J connectivity index is 4.73. The molecule has 0 radical (unpaired) electrons. The molecule has 100 valence electrons. The Hall–Kier alpha value is -0.770. The van der Waals surface area contributed by atoms with Crippen molar-refractivity contribution in [1.82, 2.24) is 0 Å². The zero-order valence-electron chi connectivity index (χ0n) is 10.9. The monoisotopic (exact) mass is 264 g/mol. The fourth-order valence-electron chi connectivity index (χ4n) is 1.48. The van der Waals surface area contributed by atoms with Crippen LogP contribution in [0, 0.1) is 5.41 Å². The first kappa shape index (κ1) is 16.2. The molecule has 0 aliphatic rings. The summed E-state index contributed by atoms with van der Waals surface area (Å²) in [6.45, 7) is 6.81. The van der Waals surface area contributed by atoms with E-state index >= 15 is 0 Å². The second kappa shape index (κ2) is 7.54. The van der Waals surface area contributed by atoms with Gasteiger partial charge >= 0.3 is 11.9 Å². The van der Waals surface area contributed by atoms with Crippen molar-refractivity contribution in [3.05, 3.63) is 0 Å². The van der Waals surface area contributed by atoms with Crippen molar-refractivity contribution < 1.29 is 19.1 Å². The van der Waals surface area contributed by atoms with Crippen LogP contribution in [-0.4, -0.2) is 30.5 Å². The lowest BCUT2D eigenvalue weighted by Gasteiger charge is -2.31. The number of halogens is 1. The first-order chi connectivity index (χ1) is 7.86. The van der Waals surface area contributed by atoms with Gasteiger partial charge in [-0.1, -0.05) is 0 Å². The first-order valence-corrected chi connectivity index (χ1v) is 6.30. The smallest absolute Gasteiger partial charge is 0.315 e. The summed E-state index contributed by atoms with van der Waals surface area (Å²) in [4.78, 5) is 22.8. The molecule has 5 heteroatoms. The van der Waals surface area contributed by atoms with Gasteiger partial charge in [-0.25, -0.2) is 0 Å². The summed E-state index contributed by atoms with van der Waals surface area (Å²) in [5.41, 5.74) is -0.853. The van der Waals surface area contributed by atoms with E-state index in [-0.39, 0.29) is 5.97 Å². The van der Waals surface area contributed by atoms with Gasteiger partial charge in [0, 0.05) is 12.8 Å². The number of alkyl halides is 1. The standard InChI is InChI=1S/C12H21ClO4/c1-5-16-11(15)12(3,4)10(7-6-8-13)17-9(2)14/h10H,5-8H2,1-4H3. The third-order valence-corrected chi connectivity index (χ3v) is 2.78. The van der Waals surface area contributed by atoms with Gasteiger partial charge in [-0.3, -0.25) is 9.59 Å².